The topological polar surface area (TPSA) is 53.2 Å². The predicted octanol–water partition coefficient (Wildman–Crippen LogP) is 9.31. The lowest BCUT2D eigenvalue weighted by Gasteiger charge is -2.20. The van der Waals surface area contributed by atoms with Gasteiger partial charge in [0.2, 0.25) is 0 Å². The number of rotatable bonds is 9. The Balaban J connectivity index is 0.000000238. The van der Waals surface area contributed by atoms with Gasteiger partial charge < -0.3 is 16.0 Å². The molecule has 0 aromatic heterocycles. The van der Waals surface area contributed by atoms with Gasteiger partial charge in [0.25, 0.3) is 0 Å². The van der Waals surface area contributed by atoms with Gasteiger partial charge in [-0.05, 0) is 60.8 Å². The molecule has 0 saturated heterocycles. The number of hydrogen-bond acceptors (Lipinski definition) is 2. The summed E-state index contributed by atoms with van der Waals surface area (Å²) in [6.07, 6.45) is 1.09. The minimum Gasteiger partial charge on any atom is -0.310 e. The van der Waals surface area contributed by atoms with Crippen LogP contribution in [0.5, 0.6) is 0 Å². The molecule has 0 bridgehead atoms. The highest BCUT2D eigenvalue weighted by Crippen LogP contribution is 2.27. The first-order chi connectivity index (χ1) is 19.7. The summed E-state index contributed by atoms with van der Waals surface area (Å²) in [6.45, 7) is 3.22. The van der Waals surface area contributed by atoms with Crippen molar-refractivity contribution in [3.8, 4) is 0 Å². The Kier molecular flexibility index (Phi) is 13.2. The summed E-state index contributed by atoms with van der Waals surface area (Å²) in [4.78, 5) is 11.6. The van der Waals surface area contributed by atoms with E-state index in [1.807, 2.05) is 60.7 Å². The van der Waals surface area contributed by atoms with E-state index in [-0.39, 0.29) is 18.4 Å². The van der Waals surface area contributed by atoms with Crippen molar-refractivity contribution in [2.75, 3.05) is 17.2 Å². The van der Waals surface area contributed by atoms with Gasteiger partial charge in [0, 0.05) is 23.3 Å². The summed E-state index contributed by atoms with van der Waals surface area (Å²) >= 11 is 0. The number of amides is 2. The average molecular weight is 564 g/mol. The average Bonchev–Trinajstić information content (AvgIpc) is 3.02. The molecule has 0 saturated carbocycles. The number of carbonyl (C=O) groups excluding carboxylic acids is 1. The number of nitrogens with one attached hydrogen (secondary N) is 3. The monoisotopic (exact) mass is 563 g/mol. The van der Waals surface area contributed by atoms with Crippen LogP contribution in [0.2, 0.25) is 0 Å². The van der Waals surface area contributed by atoms with Gasteiger partial charge in [-0.1, -0.05) is 127 Å². The molecule has 2 amide bonds. The molecule has 4 nitrogen and oxygen atoms in total. The van der Waals surface area contributed by atoms with Gasteiger partial charge in [0.05, 0.1) is 0 Å². The first-order valence-electron chi connectivity index (χ1n) is 13.8. The molecule has 5 heteroatoms. The van der Waals surface area contributed by atoms with Crippen LogP contribution >= 0.6 is 12.4 Å². The molecule has 1 unspecified atom stereocenters. The smallest absolute Gasteiger partial charge is 0.310 e. The van der Waals surface area contributed by atoms with E-state index in [0.717, 1.165) is 24.3 Å². The number of para-hydroxylation sites is 2. The Morgan fingerprint density at radius 2 is 0.878 bits per heavy atom. The third-order valence-electron chi connectivity index (χ3n) is 6.65. The molecule has 5 aromatic rings. The fourth-order valence-electron chi connectivity index (χ4n) is 4.54. The van der Waals surface area contributed by atoms with E-state index < -0.39 is 0 Å². The molecule has 0 radical (unpaired) electrons. The van der Waals surface area contributed by atoms with E-state index in [0.29, 0.717) is 12.0 Å². The van der Waals surface area contributed by atoms with Crippen molar-refractivity contribution < 1.29 is 4.79 Å². The molecule has 1 atom stereocenters. The summed E-state index contributed by atoms with van der Waals surface area (Å²) < 4.78 is 0. The summed E-state index contributed by atoms with van der Waals surface area (Å²) in [6, 6.07) is 51.1. The maximum absolute atomic E-state index is 11.6. The fourth-order valence-corrected chi connectivity index (χ4v) is 4.54. The van der Waals surface area contributed by atoms with Crippen molar-refractivity contribution in [2.24, 2.45) is 0 Å². The van der Waals surface area contributed by atoms with E-state index in [9.17, 15) is 4.79 Å². The molecule has 3 N–H and O–H groups in total. The minimum absolute atomic E-state index is 0. The molecule has 0 fully saturated rings. The number of carbonyl (C=O) groups is 1. The third-order valence-corrected chi connectivity index (χ3v) is 6.65. The van der Waals surface area contributed by atoms with Gasteiger partial charge >= 0.3 is 6.03 Å². The second-order valence-corrected chi connectivity index (χ2v) is 9.56. The molecule has 0 aliphatic rings. The molecule has 41 heavy (non-hydrogen) atoms. The largest absolute Gasteiger partial charge is 0.323 e. The fraction of sp³-hybridized carbons (Fsp3) is 0.139. The van der Waals surface area contributed by atoms with Crippen molar-refractivity contribution in [3.63, 3.8) is 0 Å². The van der Waals surface area contributed by atoms with E-state index >= 15 is 0 Å². The van der Waals surface area contributed by atoms with Crippen LogP contribution < -0.4 is 16.0 Å². The molecule has 0 spiro atoms. The van der Waals surface area contributed by atoms with E-state index in [2.05, 4.69) is 114 Å². The maximum Gasteiger partial charge on any atom is 0.323 e. The maximum atomic E-state index is 11.6. The van der Waals surface area contributed by atoms with Crippen molar-refractivity contribution in [1.29, 1.82) is 0 Å². The Morgan fingerprint density at radius 3 is 1.27 bits per heavy atom. The van der Waals surface area contributed by atoms with Crippen LogP contribution in [0.25, 0.3) is 0 Å². The molecular weight excluding hydrogens is 526 g/mol. The number of anilines is 2. The third kappa shape index (κ3) is 10.6. The molecule has 0 heterocycles. The lowest BCUT2D eigenvalue weighted by atomic mass is 9.88. The number of urea groups is 1. The highest BCUT2D eigenvalue weighted by molar-refractivity contribution is 5.99. The molecule has 5 aromatic carbocycles. The standard InChI is InChI=1S/C23H25N.C13H12N2O.ClH/c1-19(20-11-5-2-6-12-20)24-18-17-23(21-13-7-3-8-14-21)22-15-9-4-10-16-22;16-13(14-11-7-3-1-4-8-11)15-12-9-5-2-6-10-12;/h2-16,19,23-24H,17-18H2,1H3;1-10H,(H2,14,15,16);1H. The Bertz CT molecular complexity index is 1300. The van der Waals surface area contributed by atoms with Crippen LogP contribution in [-0.2, 0) is 0 Å². The Hall–Kier alpha value is -4.38. The normalized spacial score (nSPS) is 10.9. The van der Waals surface area contributed by atoms with Gasteiger partial charge in [-0.25, -0.2) is 4.79 Å². The minimum atomic E-state index is -0.239. The van der Waals surface area contributed by atoms with E-state index in [4.69, 9.17) is 0 Å². The van der Waals surface area contributed by atoms with Gasteiger partial charge in [-0.15, -0.1) is 12.4 Å². The van der Waals surface area contributed by atoms with Crippen LogP contribution in [0.15, 0.2) is 152 Å². The Labute approximate surface area is 250 Å². The number of hydrogen-bond donors (Lipinski definition) is 3. The number of benzene rings is 5. The quantitative estimate of drug-likeness (QED) is 0.167. The molecule has 210 valence electrons. The van der Waals surface area contributed by atoms with E-state index in [1.165, 1.54) is 16.7 Å². The second kappa shape index (κ2) is 17.3. The van der Waals surface area contributed by atoms with Crippen molar-refractivity contribution in [1.82, 2.24) is 5.32 Å². The molecule has 0 aliphatic heterocycles. The lowest BCUT2D eigenvalue weighted by Crippen LogP contribution is -2.21. The van der Waals surface area contributed by atoms with Gasteiger partial charge in [0.15, 0.2) is 0 Å². The summed E-state index contributed by atoms with van der Waals surface area (Å²) in [7, 11) is 0. The van der Waals surface area contributed by atoms with Crippen LogP contribution in [0.4, 0.5) is 16.2 Å². The highest BCUT2D eigenvalue weighted by atomic mass is 35.5. The number of halogens is 1. The van der Waals surface area contributed by atoms with Crippen molar-refractivity contribution >= 4 is 29.8 Å². The highest BCUT2D eigenvalue weighted by Gasteiger charge is 2.14. The van der Waals surface area contributed by atoms with Gasteiger partial charge in [-0.2, -0.15) is 0 Å². The zero-order chi connectivity index (χ0) is 27.8. The SMILES string of the molecule is CC(NCCC(c1ccccc1)c1ccccc1)c1ccccc1.Cl.O=C(Nc1ccccc1)Nc1ccccc1. The van der Waals surface area contributed by atoms with Gasteiger partial charge in [-0.3, -0.25) is 0 Å². The van der Waals surface area contributed by atoms with Crippen molar-refractivity contribution in [2.45, 2.75) is 25.3 Å². The van der Waals surface area contributed by atoms with Crippen LogP contribution in [0, 0.1) is 0 Å². The molecule has 5 rings (SSSR count). The van der Waals surface area contributed by atoms with Crippen LogP contribution in [-0.4, -0.2) is 12.6 Å². The Morgan fingerprint density at radius 1 is 0.537 bits per heavy atom. The molecular formula is C36H38ClN3O. The van der Waals surface area contributed by atoms with Crippen LogP contribution in [0.1, 0.15) is 42.0 Å². The summed E-state index contributed by atoms with van der Waals surface area (Å²) in [5.74, 6) is 0.433. The first-order valence-corrected chi connectivity index (χ1v) is 13.8. The molecule has 0 aliphatic carbocycles. The lowest BCUT2D eigenvalue weighted by molar-refractivity contribution is 0.262. The summed E-state index contributed by atoms with van der Waals surface area (Å²) in [5, 5.41) is 9.15. The predicted molar refractivity (Wildman–Crippen MR) is 175 cm³/mol. The zero-order valence-electron chi connectivity index (χ0n) is 23.3. The second-order valence-electron chi connectivity index (χ2n) is 9.56. The van der Waals surface area contributed by atoms with Gasteiger partial charge in [0.1, 0.15) is 0 Å². The van der Waals surface area contributed by atoms with E-state index in [1.54, 1.807) is 0 Å². The van der Waals surface area contributed by atoms with Crippen LogP contribution in [0.3, 0.4) is 0 Å². The first kappa shape index (κ1) is 31.2. The zero-order valence-corrected chi connectivity index (χ0v) is 24.1. The summed E-state index contributed by atoms with van der Waals surface area (Å²) in [5.41, 5.74) is 5.66. The van der Waals surface area contributed by atoms with Crippen molar-refractivity contribution in [3.05, 3.63) is 168 Å².